The predicted molar refractivity (Wildman–Crippen MR) is 110 cm³/mol. The van der Waals surface area contributed by atoms with Crippen molar-refractivity contribution in [1.29, 1.82) is 0 Å². The Morgan fingerprint density at radius 3 is 2.38 bits per heavy atom. The first-order valence-corrected chi connectivity index (χ1v) is 10.3. The van der Waals surface area contributed by atoms with Gasteiger partial charge in [0, 0.05) is 11.3 Å². The lowest BCUT2D eigenvalue weighted by molar-refractivity contribution is -0.532. The van der Waals surface area contributed by atoms with E-state index < -0.39 is 5.72 Å². The second kappa shape index (κ2) is 6.43. The summed E-state index contributed by atoms with van der Waals surface area (Å²) in [6.45, 7) is 8.27. The molecule has 2 heterocycles. The fourth-order valence-corrected chi connectivity index (χ4v) is 4.99. The van der Waals surface area contributed by atoms with E-state index in [1.165, 1.54) is 10.7 Å². The average Bonchev–Trinajstić information content (AvgIpc) is 2.95. The minimum atomic E-state index is -1.04. The van der Waals surface area contributed by atoms with E-state index in [4.69, 9.17) is 0 Å². The van der Waals surface area contributed by atoms with Crippen LogP contribution < -0.4 is 4.90 Å². The van der Waals surface area contributed by atoms with Gasteiger partial charge in [-0.05, 0) is 41.3 Å². The summed E-state index contributed by atoms with van der Waals surface area (Å²) in [5.74, 6) is 1.11. The van der Waals surface area contributed by atoms with Crippen molar-refractivity contribution in [3.05, 3.63) is 65.7 Å². The molecule has 0 saturated carbocycles. The monoisotopic (exact) mass is 367 g/mol. The van der Waals surface area contributed by atoms with Crippen molar-refractivity contribution in [1.82, 2.24) is 0 Å². The molecule has 0 saturated heterocycles. The third-order valence-corrected chi connectivity index (χ3v) is 6.47. The normalized spacial score (nSPS) is 23.3. The Balaban J connectivity index is 1.78. The van der Waals surface area contributed by atoms with Gasteiger partial charge in [0.1, 0.15) is 5.69 Å². The van der Waals surface area contributed by atoms with Crippen LogP contribution in [0.4, 0.5) is 5.69 Å². The first-order chi connectivity index (χ1) is 12.4. The number of hydrogen-bond donors (Lipinski definition) is 1. The lowest BCUT2D eigenvalue weighted by Crippen LogP contribution is -2.46. The molecule has 26 heavy (non-hydrogen) atoms. The van der Waals surface area contributed by atoms with Gasteiger partial charge in [0.25, 0.3) is 5.72 Å². The van der Waals surface area contributed by atoms with Crippen molar-refractivity contribution in [2.45, 2.75) is 38.3 Å². The van der Waals surface area contributed by atoms with Crippen LogP contribution in [0.25, 0.3) is 0 Å². The number of para-hydroxylation sites is 1. The molecule has 1 atom stereocenters. The lowest BCUT2D eigenvalue weighted by Gasteiger charge is -2.29. The maximum absolute atomic E-state index is 11.9. The second-order valence-electron chi connectivity index (χ2n) is 8.22. The molecular formula is C22H27N2OS+. The zero-order chi connectivity index (χ0) is 18.4. The summed E-state index contributed by atoms with van der Waals surface area (Å²) in [4.78, 5) is 2.13. The number of rotatable bonds is 2. The van der Waals surface area contributed by atoms with Gasteiger partial charge in [-0.2, -0.15) is 4.90 Å². The summed E-state index contributed by atoms with van der Waals surface area (Å²) in [5.41, 5.74) is 2.36. The van der Waals surface area contributed by atoms with Crippen LogP contribution in [0.1, 0.15) is 38.3 Å². The molecule has 2 aliphatic heterocycles. The molecule has 0 aliphatic carbocycles. The molecule has 136 valence electrons. The quantitative estimate of drug-likeness (QED) is 0.808. The van der Waals surface area contributed by atoms with Crippen LogP contribution in [0.2, 0.25) is 0 Å². The smallest absolute Gasteiger partial charge is 0.316 e. The molecule has 4 rings (SSSR count). The number of nitrogens with zero attached hydrogens (tertiary/aromatic N) is 2. The highest BCUT2D eigenvalue weighted by Crippen LogP contribution is 2.40. The largest absolute Gasteiger partial charge is 0.346 e. The summed E-state index contributed by atoms with van der Waals surface area (Å²) >= 11 is 1.85. The minimum absolute atomic E-state index is 0.109. The van der Waals surface area contributed by atoms with Crippen LogP contribution in [0.3, 0.4) is 0 Å². The Morgan fingerprint density at radius 1 is 1.04 bits per heavy atom. The molecule has 2 aromatic carbocycles. The van der Waals surface area contributed by atoms with E-state index in [1.807, 2.05) is 30.0 Å². The van der Waals surface area contributed by atoms with E-state index in [1.54, 1.807) is 0 Å². The Bertz CT molecular complexity index is 823. The molecule has 0 bridgehead atoms. The molecule has 3 nitrogen and oxygen atoms in total. The first kappa shape index (κ1) is 17.6. The van der Waals surface area contributed by atoms with E-state index in [9.17, 15) is 5.11 Å². The number of hydrogen-bond acceptors (Lipinski definition) is 3. The summed E-state index contributed by atoms with van der Waals surface area (Å²) in [5, 5.41) is 13.0. The number of thioether (sulfide) groups is 1. The zero-order valence-corrected chi connectivity index (χ0v) is 16.6. The van der Waals surface area contributed by atoms with Crippen LogP contribution in [0.5, 0.6) is 0 Å². The Labute approximate surface area is 160 Å². The van der Waals surface area contributed by atoms with Gasteiger partial charge < -0.3 is 5.11 Å². The van der Waals surface area contributed by atoms with Crippen LogP contribution in [-0.4, -0.2) is 33.7 Å². The zero-order valence-electron chi connectivity index (χ0n) is 15.8. The van der Waals surface area contributed by atoms with Gasteiger partial charge in [-0.15, -0.1) is 0 Å². The maximum Gasteiger partial charge on any atom is 0.316 e. The molecule has 1 N–H and O–H groups in total. The van der Waals surface area contributed by atoms with Gasteiger partial charge in [0.2, 0.25) is 0 Å². The Hall–Kier alpha value is -1.78. The highest BCUT2D eigenvalue weighted by atomic mass is 32.2. The average molecular weight is 368 g/mol. The van der Waals surface area contributed by atoms with Crippen molar-refractivity contribution in [3.8, 4) is 0 Å². The van der Waals surface area contributed by atoms with Gasteiger partial charge >= 0.3 is 5.17 Å². The van der Waals surface area contributed by atoms with Crippen LogP contribution in [0.15, 0.2) is 54.6 Å². The van der Waals surface area contributed by atoms with E-state index in [0.717, 1.165) is 30.0 Å². The molecule has 0 radical (unpaired) electrons. The van der Waals surface area contributed by atoms with Crippen molar-refractivity contribution < 1.29 is 9.68 Å². The molecule has 4 heteroatoms. The van der Waals surface area contributed by atoms with Crippen molar-refractivity contribution in [2.75, 3.05) is 23.7 Å². The molecule has 0 unspecified atom stereocenters. The fraction of sp³-hybridized carbons (Fsp3) is 0.409. The predicted octanol–water partition coefficient (Wildman–Crippen LogP) is 4.15. The SMILES string of the molecule is CC(C)(C)c1ccc([C@]2(O)C[N+]3=C(SCCC3)N2c2ccccc2)cc1. The van der Waals surface area contributed by atoms with Crippen LogP contribution in [0, 0.1) is 0 Å². The van der Waals surface area contributed by atoms with Crippen molar-refractivity contribution in [2.24, 2.45) is 0 Å². The minimum Gasteiger partial charge on any atom is -0.346 e. The first-order valence-electron chi connectivity index (χ1n) is 9.33. The third-order valence-electron chi connectivity index (χ3n) is 5.27. The molecule has 0 amide bonds. The summed E-state index contributed by atoms with van der Waals surface area (Å²) < 4.78 is 2.33. The van der Waals surface area contributed by atoms with Gasteiger partial charge in [-0.3, -0.25) is 0 Å². The van der Waals surface area contributed by atoms with Crippen LogP contribution in [-0.2, 0) is 11.1 Å². The highest BCUT2D eigenvalue weighted by Gasteiger charge is 2.55. The Kier molecular flexibility index (Phi) is 4.36. The van der Waals surface area contributed by atoms with Gasteiger partial charge in [-0.25, -0.2) is 4.58 Å². The molecular weight excluding hydrogens is 340 g/mol. The van der Waals surface area contributed by atoms with E-state index in [2.05, 4.69) is 66.6 Å². The van der Waals surface area contributed by atoms with Gasteiger partial charge in [-0.1, -0.05) is 63.2 Å². The maximum atomic E-state index is 11.9. The van der Waals surface area contributed by atoms with Crippen molar-refractivity contribution in [3.63, 3.8) is 0 Å². The number of benzene rings is 2. The number of anilines is 1. The summed E-state index contributed by atoms with van der Waals surface area (Å²) in [6.07, 6.45) is 1.16. The van der Waals surface area contributed by atoms with Crippen LogP contribution >= 0.6 is 11.8 Å². The van der Waals surface area contributed by atoms with Crippen molar-refractivity contribution >= 4 is 22.6 Å². The number of aliphatic hydroxyl groups is 1. The second-order valence-corrected chi connectivity index (χ2v) is 9.28. The molecule has 0 spiro atoms. The molecule has 2 aliphatic rings. The van der Waals surface area contributed by atoms with E-state index in [0.29, 0.717) is 6.54 Å². The van der Waals surface area contributed by atoms with Gasteiger partial charge in [0.05, 0.1) is 6.54 Å². The standard InChI is InChI=1S/C22H27N2OS/c1-21(2,3)17-10-12-18(13-11-17)22(25)16-23-14-7-15-26-20(23)24(22)19-8-5-4-6-9-19/h4-6,8-13,25H,7,14-16H2,1-3H3/q+1/t22-/m1/s1. The molecule has 0 aromatic heterocycles. The van der Waals surface area contributed by atoms with E-state index >= 15 is 0 Å². The molecule has 2 aromatic rings. The topological polar surface area (TPSA) is 26.5 Å². The van der Waals surface area contributed by atoms with E-state index in [-0.39, 0.29) is 5.41 Å². The molecule has 0 fully saturated rings. The highest BCUT2D eigenvalue weighted by molar-refractivity contribution is 8.14. The summed E-state index contributed by atoms with van der Waals surface area (Å²) in [7, 11) is 0. The van der Waals surface area contributed by atoms with Gasteiger partial charge in [0.15, 0.2) is 6.54 Å². The lowest BCUT2D eigenvalue weighted by atomic mass is 9.86. The Morgan fingerprint density at radius 2 is 1.73 bits per heavy atom. The fourth-order valence-electron chi connectivity index (χ4n) is 3.81. The number of amidine groups is 1. The summed E-state index contributed by atoms with van der Waals surface area (Å²) in [6, 6.07) is 18.8. The third kappa shape index (κ3) is 2.95.